The Balaban J connectivity index is 2.10. The topological polar surface area (TPSA) is 59.4 Å². The molecule has 2 heterocycles. The van der Waals surface area contributed by atoms with Crippen molar-refractivity contribution >= 4 is 16.5 Å². The molecule has 1 aromatic heterocycles. The first-order chi connectivity index (χ1) is 8.06. The van der Waals surface area contributed by atoms with Crippen molar-refractivity contribution in [3.63, 3.8) is 0 Å². The number of aromatic nitrogens is 1. The van der Waals surface area contributed by atoms with Crippen LogP contribution in [0.3, 0.4) is 0 Å². The van der Waals surface area contributed by atoms with Crippen molar-refractivity contribution < 1.29 is 9.50 Å². The zero-order chi connectivity index (χ0) is 12.5. The Kier molecular flexibility index (Phi) is 3.74. The summed E-state index contributed by atoms with van der Waals surface area (Å²) in [6.45, 7) is 3.32. The maximum absolute atomic E-state index is 12.9. The molecule has 1 aliphatic rings. The molecule has 0 saturated carbocycles. The van der Waals surface area contributed by atoms with E-state index in [0.29, 0.717) is 17.9 Å². The van der Waals surface area contributed by atoms with Crippen LogP contribution in [-0.2, 0) is 0 Å². The van der Waals surface area contributed by atoms with Crippen LogP contribution >= 0.6 is 11.3 Å². The van der Waals surface area contributed by atoms with Gasteiger partial charge < -0.3 is 10.3 Å². The highest BCUT2D eigenvalue weighted by Crippen LogP contribution is 2.33. The van der Waals surface area contributed by atoms with Crippen molar-refractivity contribution in [3.05, 3.63) is 16.5 Å². The molecule has 1 saturated heterocycles. The highest BCUT2D eigenvalue weighted by Gasteiger charge is 2.42. The average Bonchev–Trinajstić information content (AvgIpc) is 2.83. The van der Waals surface area contributed by atoms with Crippen molar-refractivity contribution in [3.8, 4) is 0 Å². The Morgan fingerprint density at radius 1 is 1.76 bits per heavy atom. The number of hydrogen-bond acceptors (Lipinski definition) is 5. The molecule has 2 rings (SSSR count). The summed E-state index contributed by atoms with van der Waals surface area (Å²) in [4.78, 5) is 5.65. The lowest BCUT2D eigenvalue weighted by atomic mass is 10.3. The summed E-state index contributed by atoms with van der Waals surface area (Å²) >= 11 is 0.709. The van der Waals surface area contributed by atoms with Gasteiger partial charge in [-0.1, -0.05) is 13.3 Å². The monoisotopic (exact) mass is 261 g/mol. The molecule has 0 bridgehead atoms. The number of rotatable bonds is 4. The number of aliphatic hydroxyl groups is 1. The quantitative estimate of drug-likeness (QED) is 0.659. The first-order valence-corrected chi connectivity index (χ1v) is 6.49. The molecule has 2 atom stereocenters. The number of β-amino-alcohol motifs (C(OH)–C–C–N with tert-alkyl or cyclic N) is 1. The molecule has 1 fully saturated rings. The standard InChI is InChI=1S/C10H16FN3O2S/c1-2-3-4-13-6-9(15)14(16,7-13)10-12-5-8(11)17-10/h5,9,15H,2-4,6-7H2,1H3. The molecule has 0 aliphatic carbocycles. The average molecular weight is 261 g/mol. The highest BCUT2D eigenvalue weighted by molar-refractivity contribution is 7.13. The molecule has 0 radical (unpaired) electrons. The van der Waals surface area contributed by atoms with Gasteiger partial charge >= 0.3 is 0 Å². The van der Waals surface area contributed by atoms with Crippen LogP contribution in [0, 0.1) is 10.3 Å². The van der Waals surface area contributed by atoms with Gasteiger partial charge in [-0.3, -0.25) is 4.65 Å². The lowest BCUT2D eigenvalue weighted by Crippen LogP contribution is -2.48. The molecule has 1 N–H and O–H groups in total. The second kappa shape index (κ2) is 4.95. The number of unbranched alkanes of at least 4 members (excludes halogenated alkanes) is 1. The van der Waals surface area contributed by atoms with Crippen LogP contribution < -0.4 is 4.65 Å². The van der Waals surface area contributed by atoms with E-state index in [0.717, 1.165) is 25.6 Å². The maximum Gasteiger partial charge on any atom is 0.292 e. The Hall–Kier alpha value is -0.600. The first-order valence-electron chi connectivity index (χ1n) is 5.67. The Bertz CT molecular complexity index is 389. The van der Waals surface area contributed by atoms with E-state index >= 15 is 0 Å². The van der Waals surface area contributed by atoms with Gasteiger partial charge in [0.15, 0.2) is 0 Å². The molecule has 96 valence electrons. The van der Waals surface area contributed by atoms with Gasteiger partial charge in [-0.2, -0.15) is 9.37 Å². The molecule has 5 nitrogen and oxygen atoms in total. The van der Waals surface area contributed by atoms with Gasteiger partial charge in [0.05, 0.1) is 12.7 Å². The van der Waals surface area contributed by atoms with Crippen molar-refractivity contribution in [2.75, 3.05) is 19.8 Å². The second-order valence-electron chi connectivity index (χ2n) is 4.30. The maximum atomic E-state index is 12.9. The second-order valence-corrected chi connectivity index (χ2v) is 5.25. The van der Waals surface area contributed by atoms with E-state index in [2.05, 4.69) is 11.9 Å². The minimum Gasteiger partial charge on any atom is -0.623 e. The summed E-state index contributed by atoms with van der Waals surface area (Å²) in [5.74, 6) is 0. The number of quaternary nitrogens is 1. The molecular weight excluding hydrogens is 245 g/mol. The van der Waals surface area contributed by atoms with Gasteiger partial charge in [0.25, 0.3) is 5.13 Å². The summed E-state index contributed by atoms with van der Waals surface area (Å²) < 4.78 is 11.9. The molecule has 0 aromatic carbocycles. The molecule has 1 aliphatic heterocycles. The fraction of sp³-hybridized carbons (Fsp3) is 0.700. The van der Waals surface area contributed by atoms with E-state index in [4.69, 9.17) is 0 Å². The van der Waals surface area contributed by atoms with Gasteiger partial charge in [0.2, 0.25) is 11.4 Å². The summed E-state index contributed by atoms with van der Waals surface area (Å²) in [6, 6.07) is 0. The van der Waals surface area contributed by atoms with Crippen molar-refractivity contribution in [2.45, 2.75) is 26.0 Å². The third-order valence-electron chi connectivity index (χ3n) is 2.93. The van der Waals surface area contributed by atoms with Crippen LogP contribution in [-0.4, -0.2) is 41.0 Å². The summed E-state index contributed by atoms with van der Waals surface area (Å²) in [5.41, 5.74) is 0. The predicted octanol–water partition coefficient (Wildman–Crippen LogP) is 1.48. The minimum atomic E-state index is -1.07. The van der Waals surface area contributed by atoms with E-state index in [1.807, 2.05) is 4.90 Å². The SMILES string of the molecule is CCCCN1CC(O)[N+]([O-])(c2ncc(F)s2)C1. The van der Waals surface area contributed by atoms with Gasteiger partial charge in [0.1, 0.15) is 6.67 Å². The Morgan fingerprint density at radius 3 is 3.12 bits per heavy atom. The number of nitrogens with zero attached hydrogens (tertiary/aromatic N) is 3. The summed E-state index contributed by atoms with van der Waals surface area (Å²) in [6.07, 6.45) is 1.98. The number of halogens is 1. The van der Waals surface area contributed by atoms with Crippen molar-refractivity contribution in [2.24, 2.45) is 0 Å². The zero-order valence-electron chi connectivity index (χ0n) is 9.67. The molecule has 0 amide bonds. The predicted molar refractivity (Wildman–Crippen MR) is 64.6 cm³/mol. The molecule has 7 heteroatoms. The zero-order valence-corrected chi connectivity index (χ0v) is 10.5. The lowest BCUT2D eigenvalue weighted by molar-refractivity contribution is 0.0847. The van der Waals surface area contributed by atoms with Crippen LogP contribution in [0.5, 0.6) is 0 Å². The number of thiazole rings is 1. The van der Waals surface area contributed by atoms with E-state index < -0.39 is 16.0 Å². The minimum absolute atomic E-state index is 0.0917. The van der Waals surface area contributed by atoms with Crippen LogP contribution in [0.4, 0.5) is 9.52 Å². The number of aliphatic hydroxyl groups excluding tert-OH is 1. The normalized spacial score (nSPS) is 30.0. The van der Waals surface area contributed by atoms with Gasteiger partial charge in [0, 0.05) is 6.54 Å². The first kappa shape index (κ1) is 12.8. The Labute approximate surface area is 103 Å². The van der Waals surface area contributed by atoms with E-state index in [9.17, 15) is 14.7 Å². The molecule has 1 aromatic rings. The molecule has 0 spiro atoms. The van der Waals surface area contributed by atoms with Crippen LogP contribution in [0.25, 0.3) is 0 Å². The van der Waals surface area contributed by atoms with Crippen LogP contribution in [0.2, 0.25) is 0 Å². The van der Waals surface area contributed by atoms with Gasteiger partial charge in [-0.15, -0.1) is 0 Å². The van der Waals surface area contributed by atoms with Gasteiger partial charge in [-0.05, 0) is 17.8 Å². The van der Waals surface area contributed by atoms with E-state index in [1.54, 1.807) is 0 Å². The fourth-order valence-electron chi connectivity index (χ4n) is 1.96. The smallest absolute Gasteiger partial charge is 0.292 e. The largest absolute Gasteiger partial charge is 0.623 e. The molecule has 17 heavy (non-hydrogen) atoms. The summed E-state index contributed by atoms with van der Waals surface area (Å²) in [5, 5.41) is 21.9. The fourth-order valence-corrected chi connectivity index (χ4v) is 2.68. The third kappa shape index (κ3) is 2.48. The van der Waals surface area contributed by atoms with Crippen LogP contribution in [0.1, 0.15) is 19.8 Å². The Morgan fingerprint density at radius 2 is 2.53 bits per heavy atom. The number of hydrogen-bond donors (Lipinski definition) is 1. The van der Waals surface area contributed by atoms with Crippen molar-refractivity contribution in [1.82, 2.24) is 14.5 Å². The molecular formula is C10H16FN3O2S. The van der Waals surface area contributed by atoms with Crippen molar-refractivity contribution in [1.29, 1.82) is 0 Å². The summed E-state index contributed by atoms with van der Waals surface area (Å²) in [7, 11) is 0. The molecule has 2 unspecified atom stereocenters. The number of hydroxylamine groups is 2. The van der Waals surface area contributed by atoms with Gasteiger partial charge in [-0.25, -0.2) is 4.90 Å². The van der Waals surface area contributed by atoms with E-state index in [-0.39, 0.29) is 11.8 Å². The third-order valence-corrected chi connectivity index (χ3v) is 3.83. The highest BCUT2D eigenvalue weighted by atomic mass is 32.1. The lowest BCUT2D eigenvalue weighted by Gasteiger charge is -2.37. The van der Waals surface area contributed by atoms with E-state index in [1.165, 1.54) is 0 Å². The van der Waals surface area contributed by atoms with Crippen LogP contribution in [0.15, 0.2) is 6.20 Å².